The van der Waals surface area contributed by atoms with Crippen LogP contribution in [0.25, 0.3) is 0 Å². The molecule has 1 aliphatic rings. The fourth-order valence-corrected chi connectivity index (χ4v) is 4.06. The number of aliphatic hydroxyl groups is 1. The molecule has 1 aliphatic heterocycles. The Labute approximate surface area is 120 Å². The van der Waals surface area contributed by atoms with Crippen LogP contribution in [0.5, 0.6) is 0 Å². The molecule has 5 nitrogen and oxygen atoms in total. The van der Waals surface area contributed by atoms with Gasteiger partial charge < -0.3 is 10.8 Å². The summed E-state index contributed by atoms with van der Waals surface area (Å²) in [7, 11) is -3.53. The van der Waals surface area contributed by atoms with Crippen LogP contribution in [-0.4, -0.2) is 37.0 Å². The first-order valence-corrected chi connectivity index (χ1v) is 8.31. The highest BCUT2D eigenvalue weighted by Gasteiger charge is 2.27. The highest BCUT2D eigenvalue weighted by atomic mass is 32.2. The monoisotopic (exact) mass is 298 g/mol. The standard InChI is InChI=1S/C14H22N2O3S/c1-10-8-13(9-14(15)11(10)2)20(18,19)16-6-3-4-12(17)5-7-16/h8-9,12,17H,3-7,15H2,1-2H3. The number of anilines is 1. The molecule has 1 atom stereocenters. The van der Waals surface area contributed by atoms with Crippen LogP contribution in [0.15, 0.2) is 17.0 Å². The van der Waals surface area contributed by atoms with Gasteiger partial charge in [0, 0.05) is 18.8 Å². The molecular weight excluding hydrogens is 276 g/mol. The fraction of sp³-hybridized carbons (Fsp3) is 0.571. The van der Waals surface area contributed by atoms with Gasteiger partial charge in [0.05, 0.1) is 11.0 Å². The Morgan fingerprint density at radius 1 is 1.25 bits per heavy atom. The topological polar surface area (TPSA) is 83.6 Å². The van der Waals surface area contributed by atoms with E-state index in [1.807, 2.05) is 13.8 Å². The number of nitrogens with two attached hydrogens (primary N) is 1. The Morgan fingerprint density at radius 2 is 1.95 bits per heavy atom. The van der Waals surface area contributed by atoms with Crippen molar-refractivity contribution >= 4 is 15.7 Å². The summed E-state index contributed by atoms with van der Waals surface area (Å²) in [6.45, 7) is 4.54. The molecule has 0 amide bonds. The second-order valence-corrected chi connectivity index (χ2v) is 7.38. The van der Waals surface area contributed by atoms with Crippen LogP contribution in [0, 0.1) is 13.8 Å². The van der Waals surface area contributed by atoms with Crippen molar-refractivity contribution in [1.82, 2.24) is 4.31 Å². The molecule has 1 unspecified atom stereocenters. The van der Waals surface area contributed by atoms with Gasteiger partial charge in [0.15, 0.2) is 0 Å². The van der Waals surface area contributed by atoms with E-state index in [-0.39, 0.29) is 4.90 Å². The highest BCUT2D eigenvalue weighted by Crippen LogP contribution is 2.25. The predicted molar refractivity (Wildman–Crippen MR) is 78.9 cm³/mol. The van der Waals surface area contributed by atoms with Crippen LogP contribution in [0.3, 0.4) is 0 Å². The number of hydrogen-bond acceptors (Lipinski definition) is 4. The number of nitrogen functional groups attached to an aromatic ring is 1. The lowest BCUT2D eigenvalue weighted by atomic mass is 10.1. The summed E-state index contributed by atoms with van der Waals surface area (Å²) in [6.07, 6.45) is 1.42. The third-order valence-corrected chi connectivity index (χ3v) is 5.85. The van der Waals surface area contributed by atoms with Gasteiger partial charge >= 0.3 is 0 Å². The van der Waals surface area contributed by atoms with Gasteiger partial charge in [-0.2, -0.15) is 4.31 Å². The van der Waals surface area contributed by atoms with E-state index < -0.39 is 16.1 Å². The Hall–Kier alpha value is -1.11. The molecule has 3 N–H and O–H groups in total. The van der Waals surface area contributed by atoms with Gasteiger partial charge in [0.2, 0.25) is 10.0 Å². The Morgan fingerprint density at radius 3 is 2.60 bits per heavy atom. The molecule has 6 heteroatoms. The molecule has 112 valence electrons. The second-order valence-electron chi connectivity index (χ2n) is 5.44. The molecule has 20 heavy (non-hydrogen) atoms. The van der Waals surface area contributed by atoms with Crippen molar-refractivity contribution in [2.24, 2.45) is 0 Å². The van der Waals surface area contributed by atoms with Gasteiger partial charge in [-0.15, -0.1) is 0 Å². The van der Waals surface area contributed by atoms with Crippen LogP contribution in [-0.2, 0) is 10.0 Å². The van der Waals surface area contributed by atoms with Crippen molar-refractivity contribution in [3.63, 3.8) is 0 Å². The summed E-state index contributed by atoms with van der Waals surface area (Å²) in [5, 5.41) is 9.63. The summed E-state index contributed by atoms with van der Waals surface area (Å²) >= 11 is 0. The van der Waals surface area contributed by atoms with Crippen LogP contribution in [0.1, 0.15) is 30.4 Å². The van der Waals surface area contributed by atoms with E-state index in [0.717, 1.165) is 11.1 Å². The van der Waals surface area contributed by atoms with Crippen molar-refractivity contribution in [2.75, 3.05) is 18.8 Å². The average molecular weight is 298 g/mol. The Balaban J connectivity index is 2.35. The largest absolute Gasteiger partial charge is 0.398 e. The number of aliphatic hydroxyl groups excluding tert-OH is 1. The van der Waals surface area contributed by atoms with Gasteiger partial charge in [0.25, 0.3) is 0 Å². The molecule has 0 aliphatic carbocycles. The van der Waals surface area contributed by atoms with E-state index in [0.29, 0.717) is 38.0 Å². The molecule has 1 fully saturated rings. The van der Waals surface area contributed by atoms with Gasteiger partial charge in [-0.3, -0.25) is 0 Å². The summed E-state index contributed by atoms with van der Waals surface area (Å²) in [6, 6.07) is 3.20. The smallest absolute Gasteiger partial charge is 0.243 e. The highest BCUT2D eigenvalue weighted by molar-refractivity contribution is 7.89. The van der Waals surface area contributed by atoms with Crippen molar-refractivity contribution in [3.8, 4) is 0 Å². The Bertz CT molecular complexity index is 575. The number of sulfonamides is 1. The van der Waals surface area contributed by atoms with Gasteiger partial charge in [0.1, 0.15) is 0 Å². The molecule has 0 bridgehead atoms. The van der Waals surface area contributed by atoms with E-state index in [1.165, 1.54) is 10.4 Å². The van der Waals surface area contributed by atoms with Crippen LogP contribution in [0.4, 0.5) is 5.69 Å². The van der Waals surface area contributed by atoms with Gasteiger partial charge in [-0.1, -0.05) is 0 Å². The van der Waals surface area contributed by atoms with Crippen LogP contribution >= 0.6 is 0 Å². The summed E-state index contributed by atoms with van der Waals surface area (Å²) in [5.74, 6) is 0. The summed E-state index contributed by atoms with van der Waals surface area (Å²) < 4.78 is 26.8. The SMILES string of the molecule is Cc1cc(S(=O)(=O)N2CCCC(O)CC2)cc(N)c1C. The fourth-order valence-electron chi connectivity index (χ4n) is 2.44. The first-order valence-electron chi connectivity index (χ1n) is 6.87. The molecule has 0 spiro atoms. The molecule has 0 radical (unpaired) electrons. The molecular formula is C14H22N2O3S. The molecule has 1 heterocycles. The lowest BCUT2D eigenvalue weighted by Crippen LogP contribution is -2.32. The number of rotatable bonds is 2. The van der Waals surface area contributed by atoms with E-state index in [1.54, 1.807) is 6.07 Å². The summed E-state index contributed by atoms with van der Waals surface area (Å²) in [5.41, 5.74) is 8.16. The quantitative estimate of drug-likeness (QED) is 0.809. The minimum atomic E-state index is -3.53. The van der Waals surface area contributed by atoms with E-state index in [9.17, 15) is 13.5 Å². The van der Waals surface area contributed by atoms with Crippen molar-refractivity contribution in [2.45, 2.75) is 44.1 Å². The maximum atomic E-state index is 12.7. The number of hydrogen-bond donors (Lipinski definition) is 2. The zero-order valence-corrected chi connectivity index (χ0v) is 12.8. The molecule has 2 rings (SSSR count). The minimum absolute atomic E-state index is 0.245. The number of nitrogens with zero attached hydrogens (tertiary/aromatic N) is 1. The van der Waals surface area contributed by atoms with E-state index in [2.05, 4.69) is 0 Å². The van der Waals surface area contributed by atoms with Gasteiger partial charge in [-0.25, -0.2) is 8.42 Å². The van der Waals surface area contributed by atoms with Crippen molar-refractivity contribution < 1.29 is 13.5 Å². The van der Waals surface area contributed by atoms with Crippen LogP contribution in [0.2, 0.25) is 0 Å². The normalized spacial score (nSPS) is 21.6. The lowest BCUT2D eigenvalue weighted by molar-refractivity contribution is 0.159. The molecule has 0 saturated carbocycles. The maximum absolute atomic E-state index is 12.7. The van der Waals surface area contributed by atoms with E-state index >= 15 is 0 Å². The van der Waals surface area contributed by atoms with Crippen molar-refractivity contribution in [3.05, 3.63) is 23.3 Å². The molecule has 0 aromatic heterocycles. The minimum Gasteiger partial charge on any atom is -0.398 e. The molecule has 1 saturated heterocycles. The predicted octanol–water partition coefficient (Wildman–Crippen LogP) is 1.42. The first-order chi connectivity index (χ1) is 9.32. The number of benzene rings is 1. The second kappa shape index (κ2) is 5.71. The molecule has 1 aromatic carbocycles. The van der Waals surface area contributed by atoms with Gasteiger partial charge in [-0.05, 0) is 56.4 Å². The average Bonchev–Trinajstić information content (AvgIpc) is 2.60. The maximum Gasteiger partial charge on any atom is 0.243 e. The zero-order chi connectivity index (χ0) is 14.9. The third kappa shape index (κ3) is 2.97. The Kier molecular flexibility index (Phi) is 4.36. The van der Waals surface area contributed by atoms with Crippen molar-refractivity contribution in [1.29, 1.82) is 0 Å². The molecule has 1 aromatic rings. The number of aryl methyl sites for hydroxylation is 1. The lowest BCUT2D eigenvalue weighted by Gasteiger charge is -2.21. The third-order valence-electron chi connectivity index (χ3n) is 3.98. The zero-order valence-electron chi connectivity index (χ0n) is 12.0. The van der Waals surface area contributed by atoms with Crippen LogP contribution < -0.4 is 5.73 Å². The first kappa shape index (κ1) is 15.3. The van der Waals surface area contributed by atoms with E-state index in [4.69, 9.17) is 5.73 Å². The summed E-state index contributed by atoms with van der Waals surface area (Å²) in [4.78, 5) is 0.245.